The molecular weight excluding hydrogens is 418 g/mol. The molecule has 0 heterocycles. The normalized spacial score (nSPS) is 10.1. The van der Waals surface area contributed by atoms with E-state index in [4.69, 9.17) is 9.47 Å². The lowest BCUT2D eigenvalue weighted by atomic mass is 10.1. The molecule has 0 unspecified atom stereocenters. The van der Waals surface area contributed by atoms with E-state index in [1.807, 2.05) is 12.1 Å². The average molecular weight is 430 g/mol. The van der Waals surface area contributed by atoms with Gasteiger partial charge < -0.3 is 9.47 Å². The number of allylic oxidation sites excluding steroid dienone is 1. The van der Waals surface area contributed by atoms with E-state index in [1.54, 1.807) is 7.11 Å². The first-order valence-electron chi connectivity index (χ1n) is 4.40. The summed E-state index contributed by atoms with van der Waals surface area (Å²) in [5, 5.41) is 0. The lowest BCUT2D eigenvalue weighted by molar-refractivity contribution is 0.0498. The molecule has 0 fully saturated rings. The molecule has 0 aliphatic heterocycles. The quantitative estimate of drug-likeness (QED) is 0.404. The van der Waals surface area contributed by atoms with Gasteiger partial charge in [0.15, 0.2) is 6.79 Å². The number of ether oxygens (including phenoxy) is 2. The molecule has 0 radical (unpaired) electrons. The number of rotatable bonds is 5. The minimum absolute atomic E-state index is 0.278. The summed E-state index contributed by atoms with van der Waals surface area (Å²) in [6, 6.07) is 4.13. The molecule has 0 aromatic heterocycles. The molecule has 0 saturated heterocycles. The van der Waals surface area contributed by atoms with Crippen molar-refractivity contribution in [2.24, 2.45) is 0 Å². The molecule has 0 spiro atoms. The van der Waals surface area contributed by atoms with Crippen LogP contribution in [-0.4, -0.2) is 13.9 Å². The van der Waals surface area contributed by atoms with Crippen molar-refractivity contribution in [2.75, 3.05) is 13.9 Å². The largest absolute Gasteiger partial charge is 0.466 e. The van der Waals surface area contributed by atoms with Gasteiger partial charge in [-0.25, -0.2) is 0 Å². The molecule has 0 bridgehead atoms. The Morgan fingerprint density at radius 1 is 1.33 bits per heavy atom. The van der Waals surface area contributed by atoms with Gasteiger partial charge >= 0.3 is 0 Å². The maximum absolute atomic E-state index is 5.57. The van der Waals surface area contributed by atoms with Crippen LogP contribution in [0.3, 0.4) is 0 Å². The maximum atomic E-state index is 5.57. The lowest BCUT2D eigenvalue weighted by Crippen LogP contribution is -2.04. The average Bonchev–Trinajstić information content (AvgIpc) is 2.23. The third-order valence-corrected chi connectivity index (χ3v) is 3.68. The van der Waals surface area contributed by atoms with Crippen LogP contribution in [0.15, 0.2) is 24.8 Å². The van der Waals surface area contributed by atoms with E-state index in [1.165, 1.54) is 9.13 Å². The minimum atomic E-state index is 0.278. The fourth-order valence-electron chi connectivity index (χ4n) is 1.18. The summed E-state index contributed by atoms with van der Waals surface area (Å²) in [7, 11) is 1.62. The van der Waals surface area contributed by atoms with Gasteiger partial charge in [-0.05, 0) is 63.7 Å². The zero-order valence-corrected chi connectivity index (χ0v) is 12.7. The second-order valence-corrected chi connectivity index (χ2v) is 5.20. The van der Waals surface area contributed by atoms with Crippen LogP contribution in [0.25, 0.3) is 0 Å². The SMILES string of the molecule is C=CCc1c(I)ccc(I)c1OCOC. The monoisotopic (exact) mass is 430 g/mol. The van der Waals surface area contributed by atoms with Gasteiger partial charge in [-0.2, -0.15) is 0 Å². The van der Waals surface area contributed by atoms with Crippen molar-refractivity contribution < 1.29 is 9.47 Å². The highest BCUT2D eigenvalue weighted by Crippen LogP contribution is 2.30. The molecule has 0 aliphatic carbocycles. The Bertz CT molecular complexity index is 351. The van der Waals surface area contributed by atoms with Gasteiger partial charge in [0.05, 0.1) is 3.57 Å². The van der Waals surface area contributed by atoms with Gasteiger partial charge in [0, 0.05) is 16.2 Å². The molecule has 0 N–H and O–H groups in total. The summed E-state index contributed by atoms with van der Waals surface area (Å²) in [5.41, 5.74) is 1.18. The molecule has 1 aromatic rings. The Hall–Kier alpha value is 0.180. The maximum Gasteiger partial charge on any atom is 0.188 e. The standard InChI is InChI=1S/C11H12I2O2/c1-3-4-8-9(12)5-6-10(13)11(8)15-7-14-2/h3,5-6H,1,4,7H2,2H3. The van der Waals surface area contributed by atoms with Gasteiger partial charge in [0.25, 0.3) is 0 Å². The van der Waals surface area contributed by atoms with Crippen LogP contribution in [0.2, 0.25) is 0 Å². The van der Waals surface area contributed by atoms with Crippen LogP contribution in [0.5, 0.6) is 5.75 Å². The highest BCUT2D eigenvalue weighted by atomic mass is 127. The molecule has 0 saturated carbocycles. The van der Waals surface area contributed by atoms with E-state index in [-0.39, 0.29) is 6.79 Å². The third-order valence-electron chi connectivity index (χ3n) is 1.82. The predicted octanol–water partition coefficient (Wildman–Crippen LogP) is 3.61. The van der Waals surface area contributed by atoms with Crippen molar-refractivity contribution in [1.82, 2.24) is 0 Å². The topological polar surface area (TPSA) is 18.5 Å². The molecule has 1 rings (SSSR count). The predicted molar refractivity (Wildman–Crippen MR) is 78.3 cm³/mol. The van der Waals surface area contributed by atoms with E-state index in [0.717, 1.165) is 15.7 Å². The van der Waals surface area contributed by atoms with Crippen molar-refractivity contribution in [3.8, 4) is 5.75 Å². The van der Waals surface area contributed by atoms with Crippen molar-refractivity contribution in [3.63, 3.8) is 0 Å². The smallest absolute Gasteiger partial charge is 0.188 e. The first-order valence-corrected chi connectivity index (χ1v) is 6.56. The third kappa shape index (κ3) is 3.60. The zero-order valence-electron chi connectivity index (χ0n) is 8.43. The summed E-state index contributed by atoms with van der Waals surface area (Å²) in [6.45, 7) is 4.03. The molecule has 2 nitrogen and oxygen atoms in total. The molecule has 0 aliphatic rings. The summed E-state index contributed by atoms with van der Waals surface area (Å²) in [5.74, 6) is 0.907. The Labute approximate surface area is 117 Å². The molecule has 1 aromatic carbocycles. The van der Waals surface area contributed by atoms with E-state index in [9.17, 15) is 0 Å². The fourth-order valence-corrected chi connectivity index (χ4v) is 2.49. The summed E-state index contributed by atoms with van der Waals surface area (Å²) in [6.07, 6.45) is 2.70. The number of benzene rings is 1. The van der Waals surface area contributed by atoms with Gasteiger partial charge in [-0.15, -0.1) is 6.58 Å². The Balaban J connectivity index is 3.06. The second-order valence-electron chi connectivity index (χ2n) is 2.88. The van der Waals surface area contributed by atoms with Crippen LogP contribution < -0.4 is 4.74 Å². The minimum Gasteiger partial charge on any atom is -0.466 e. The second kappa shape index (κ2) is 6.70. The molecule has 0 amide bonds. The van der Waals surface area contributed by atoms with E-state index in [2.05, 4.69) is 57.8 Å². The van der Waals surface area contributed by atoms with Crippen LogP contribution in [-0.2, 0) is 11.2 Å². The van der Waals surface area contributed by atoms with Crippen molar-refractivity contribution in [2.45, 2.75) is 6.42 Å². The molecule has 4 heteroatoms. The Morgan fingerprint density at radius 3 is 2.60 bits per heavy atom. The van der Waals surface area contributed by atoms with Gasteiger partial charge in [-0.1, -0.05) is 6.08 Å². The number of methoxy groups -OCH3 is 1. The van der Waals surface area contributed by atoms with E-state index in [0.29, 0.717) is 0 Å². The van der Waals surface area contributed by atoms with Gasteiger partial charge in [-0.3, -0.25) is 0 Å². The van der Waals surface area contributed by atoms with Crippen LogP contribution >= 0.6 is 45.2 Å². The number of hydrogen-bond acceptors (Lipinski definition) is 2. The van der Waals surface area contributed by atoms with Gasteiger partial charge in [0.1, 0.15) is 5.75 Å². The van der Waals surface area contributed by atoms with E-state index < -0.39 is 0 Å². The van der Waals surface area contributed by atoms with E-state index >= 15 is 0 Å². The van der Waals surface area contributed by atoms with Crippen molar-refractivity contribution in [3.05, 3.63) is 37.5 Å². The Morgan fingerprint density at radius 2 is 2.00 bits per heavy atom. The van der Waals surface area contributed by atoms with Crippen molar-refractivity contribution >= 4 is 45.2 Å². The molecule has 15 heavy (non-hydrogen) atoms. The van der Waals surface area contributed by atoms with Crippen LogP contribution in [0.1, 0.15) is 5.56 Å². The van der Waals surface area contributed by atoms with Crippen molar-refractivity contribution in [1.29, 1.82) is 0 Å². The lowest BCUT2D eigenvalue weighted by Gasteiger charge is -2.13. The van der Waals surface area contributed by atoms with Crippen LogP contribution in [0, 0.1) is 7.14 Å². The highest BCUT2D eigenvalue weighted by molar-refractivity contribution is 14.1. The molecule has 0 atom stereocenters. The highest BCUT2D eigenvalue weighted by Gasteiger charge is 2.10. The van der Waals surface area contributed by atoms with Crippen LogP contribution in [0.4, 0.5) is 0 Å². The summed E-state index contributed by atoms with van der Waals surface area (Å²) >= 11 is 4.57. The molecular formula is C11H12I2O2. The fraction of sp³-hybridized carbons (Fsp3) is 0.273. The zero-order chi connectivity index (χ0) is 11.3. The van der Waals surface area contributed by atoms with Gasteiger partial charge in [0.2, 0.25) is 0 Å². The molecule has 82 valence electrons. The Kier molecular flexibility index (Phi) is 5.91. The summed E-state index contributed by atoms with van der Waals surface area (Å²) in [4.78, 5) is 0. The summed E-state index contributed by atoms with van der Waals surface area (Å²) < 4.78 is 12.8. The number of halogens is 2. The first-order chi connectivity index (χ1) is 7.20. The first kappa shape index (κ1) is 13.2. The number of hydrogen-bond donors (Lipinski definition) is 0.